The maximum atomic E-state index is 12.2. The maximum absolute atomic E-state index is 12.2. The fraction of sp³-hybridized carbons (Fsp3) is 0.368. The zero-order valence-electron chi connectivity index (χ0n) is 15.2. The second kappa shape index (κ2) is 8.05. The number of nitrogens with zero attached hydrogens (tertiary/aromatic N) is 3. The van der Waals surface area contributed by atoms with Crippen LogP contribution in [-0.4, -0.2) is 41.6 Å². The van der Waals surface area contributed by atoms with Crippen molar-refractivity contribution in [2.24, 2.45) is 10.9 Å². The third-order valence-electron chi connectivity index (χ3n) is 3.96. The molecule has 0 aliphatic carbocycles. The number of nitrogens with one attached hydrogen (secondary N) is 2. The molecule has 1 aliphatic rings. The van der Waals surface area contributed by atoms with Gasteiger partial charge < -0.3 is 10.1 Å². The Bertz CT molecular complexity index is 860. The van der Waals surface area contributed by atoms with Crippen molar-refractivity contribution in [2.45, 2.75) is 26.3 Å². The highest BCUT2D eigenvalue weighted by Gasteiger charge is 2.22. The number of aliphatic imine (C=N–C) groups is 1. The molecule has 0 fully saturated rings. The number of ether oxygens (including phenoxy) is 1. The van der Waals surface area contributed by atoms with Crippen LogP contribution in [0.25, 0.3) is 17.1 Å². The number of carbonyl (C=O) groups is 1. The number of benzene rings is 1. The van der Waals surface area contributed by atoms with Crippen LogP contribution >= 0.6 is 0 Å². The summed E-state index contributed by atoms with van der Waals surface area (Å²) in [6.07, 6.45) is 5.96. The molecular weight excluding hydrogens is 330 g/mol. The lowest BCUT2D eigenvalue weighted by atomic mass is 10.0. The molecular formula is C19H23N5O2. The molecule has 1 atom stereocenters. The summed E-state index contributed by atoms with van der Waals surface area (Å²) in [4.78, 5) is 25.1. The molecule has 7 heteroatoms. The van der Waals surface area contributed by atoms with Crippen LogP contribution in [-0.2, 0) is 9.53 Å². The molecule has 1 aliphatic heterocycles. The van der Waals surface area contributed by atoms with Crippen LogP contribution in [0, 0.1) is 5.92 Å². The summed E-state index contributed by atoms with van der Waals surface area (Å²) < 4.78 is 5.25. The highest BCUT2D eigenvalue weighted by atomic mass is 16.5. The van der Waals surface area contributed by atoms with Crippen molar-refractivity contribution in [3.63, 3.8) is 0 Å². The van der Waals surface area contributed by atoms with Crippen molar-refractivity contribution in [1.29, 1.82) is 0 Å². The Morgan fingerprint density at radius 3 is 2.73 bits per heavy atom. The summed E-state index contributed by atoms with van der Waals surface area (Å²) in [6.45, 7) is 4.84. The quantitative estimate of drug-likeness (QED) is 0.777. The second-order valence-corrected chi connectivity index (χ2v) is 6.67. The predicted molar refractivity (Wildman–Crippen MR) is 101 cm³/mol. The minimum absolute atomic E-state index is 0.0920. The van der Waals surface area contributed by atoms with Crippen LogP contribution < -0.4 is 10.6 Å². The van der Waals surface area contributed by atoms with E-state index in [1.807, 2.05) is 18.2 Å². The zero-order chi connectivity index (χ0) is 18.5. The molecule has 26 heavy (non-hydrogen) atoms. The predicted octanol–water partition coefficient (Wildman–Crippen LogP) is 2.11. The minimum Gasteiger partial charge on any atom is -0.383 e. The van der Waals surface area contributed by atoms with E-state index < -0.39 is 0 Å². The molecule has 2 heterocycles. The average molecular weight is 353 g/mol. The zero-order valence-corrected chi connectivity index (χ0v) is 15.2. The van der Waals surface area contributed by atoms with Crippen LogP contribution in [0.1, 0.15) is 25.8 Å². The van der Waals surface area contributed by atoms with Crippen molar-refractivity contribution in [1.82, 2.24) is 20.6 Å². The van der Waals surface area contributed by atoms with E-state index in [9.17, 15) is 4.79 Å². The van der Waals surface area contributed by atoms with E-state index in [4.69, 9.17) is 4.74 Å². The Kier molecular flexibility index (Phi) is 5.58. The summed E-state index contributed by atoms with van der Waals surface area (Å²) in [5.41, 5.74) is 2.80. The number of guanidine groups is 1. The van der Waals surface area contributed by atoms with E-state index in [-0.39, 0.29) is 11.9 Å². The first-order chi connectivity index (χ1) is 12.5. The smallest absolute Gasteiger partial charge is 0.276 e. The van der Waals surface area contributed by atoms with Crippen LogP contribution in [0.2, 0.25) is 0 Å². The van der Waals surface area contributed by atoms with Gasteiger partial charge in [0.15, 0.2) is 0 Å². The van der Waals surface area contributed by atoms with Crippen molar-refractivity contribution in [3.8, 4) is 0 Å². The first-order valence-corrected chi connectivity index (χ1v) is 8.63. The van der Waals surface area contributed by atoms with Crippen LogP contribution in [0.4, 0.5) is 0 Å². The molecule has 0 spiro atoms. The largest absolute Gasteiger partial charge is 0.383 e. The van der Waals surface area contributed by atoms with Gasteiger partial charge in [-0.3, -0.25) is 20.1 Å². The SMILES string of the molecule is COCC(CC(C)C)NC1=N/C(=C\c2ccc3nccnc3c2)C(=O)N1. The lowest BCUT2D eigenvalue weighted by molar-refractivity contribution is -0.115. The van der Waals surface area contributed by atoms with Gasteiger partial charge in [-0.1, -0.05) is 19.9 Å². The number of fused-ring (bicyclic) bond motifs is 1. The van der Waals surface area contributed by atoms with Gasteiger partial charge >= 0.3 is 0 Å². The summed E-state index contributed by atoms with van der Waals surface area (Å²) in [5, 5.41) is 6.03. The molecule has 136 valence electrons. The lowest BCUT2D eigenvalue weighted by Crippen LogP contribution is -2.45. The molecule has 0 bridgehead atoms. The summed E-state index contributed by atoms with van der Waals surface area (Å²) in [5.74, 6) is 0.742. The highest BCUT2D eigenvalue weighted by molar-refractivity contribution is 6.13. The van der Waals surface area contributed by atoms with E-state index in [1.165, 1.54) is 0 Å². The van der Waals surface area contributed by atoms with Gasteiger partial charge in [0.25, 0.3) is 5.91 Å². The summed E-state index contributed by atoms with van der Waals surface area (Å²) in [7, 11) is 1.66. The molecule has 7 nitrogen and oxygen atoms in total. The van der Waals surface area contributed by atoms with Gasteiger partial charge in [-0.25, -0.2) is 4.99 Å². The second-order valence-electron chi connectivity index (χ2n) is 6.67. The van der Waals surface area contributed by atoms with Crippen molar-refractivity contribution in [3.05, 3.63) is 41.9 Å². The third kappa shape index (κ3) is 4.43. The highest BCUT2D eigenvalue weighted by Crippen LogP contribution is 2.16. The number of aromatic nitrogens is 2. The molecule has 1 aromatic heterocycles. The van der Waals surface area contributed by atoms with Crippen LogP contribution in [0.15, 0.2) is 41.3 Å². The van der Waals surface area contributed by atoms with Gasteiger partial charge in [-0.2, -0.15) is 0 Å². The van der Waals surface area contributed by atoms with E-state index in [1.54, 1.807) is 25.6 Å². The fourth-order valence-corrected chi connectivity index (χ4v) is 2.90. The number of methoxy groups -OCH3 is 1. The Morgan fingerprint density at radius 1 is 1.23 bits per heavy atom. The van der Waals surface area contributed by atoms with E-state index in [2.05, 4.69) is 39.4 Å². The molecule has 0 radical (unpaired) electrons. The standard InChI is InChI=1S/C19H23N5O2/c1-12(2)8-14(11-26-3)22-19-23-17(18(25)24-19)10-13-4-5-15-16(9-13)21-7-6-20-15/h4-7,9-10,12,14H,8,11H2,1-3H3,(H2,22,23,24,25)/b17-10-. The molecule has 2 aromatic rings. The maximum Gasteiger partial charge on any atom is 0.276 e. The molecule has 2 N–H and O–H groups in total. The van der Waals surface area contributed by atoms with Gasteiger partial charge in [-0.15, -0.1) is 0 Å². The number of hydrogen-bond donors (Lipinski definition) is 2. The topological polar surface area (TPSA) is 88.5 Å². The van der Waals surface area contributed by atoms with Crippen LogP contribution in [0.3, 0.4) is 0 Å². The number of hydrogen-bond acceptors (Lipinski definition) is 6. The Hall–Kier alpha value is -2.80. The van der Waals surface area contributed by atoms with Crippen molar-refractivity contribution < 1.29 is 9.53 Å². The number of carbonyl (C=O) groups excluding carboxylic acids is 1. The summed E-state index contributed by atoms with van der Waals surface area (Å²) in [6, 6.07) is 5.75. The molecule has 1 unspecified atom stereocenters. The van der Waals surface area contributed by atoms with Crippen molar-refractivity contribution >= 4 is 29.0 Å². The van der Waals surface area contributed by atoms with Gasteiger partial charge in [0.2, 0.25) is 5.96 Å². The van der Waals surface area contributed by atoms with Gasteiger partial charge in [0.1, 0.15) is 5.70 Å². The minimum atomic E-state index is -0.229. The molecule has 1 amide bonds. The normalized spacial score (nSPS) is 16.8. The Labute approximate surface area is 152 Å². The van der Waals surface area contributed by atoms with Gasteiger partial charge in [0, 0.05) is 19.5 Å². The van der Waals surface area contributed by atoms with Crippen LogP contribution in [0.5, 0.6) is 0 Å². The van der Waals surface area contributed by atoms with Gasteiger partial charge in [-0.05, 0) is 36.1 Å². The lowest BCUT2D eigenvalue weighted by Gasteiger charge is -2.20. The average Bonchev–Trinajstić information content (AvgIpc) is 2.93. The van der Waals surface area contributed by atoms with E-state index in [0.717, 1.165) is 23.0 Å². The number of amides is 1. The van der Waals surface area contributed by atoms with E-state index in [0.29, 0.717) is 24.2 Å². The first-order valence-electron chi connectivity index (χ1n) is 8.63. The monoisotopic (exact) mass is 353 g/mol. The Balaban J connectivity index is 1.78. The fourth-order valence-electron chi connectivity index (χ4n) is 2.90. The number of rotatable bonds is 6. The molecule has 0 saturated heterocycles. The first kappa shape index (κ1) is 18.0. The third-order valence-corrected chi connectivity index (χ3v) is 3.96. The Morgan fingerprint density at radius 2 is 2.00 bits per heavy atom. The molecule has 3 rings (SSSR count). The molecule has 1 aromatic carbocycles. The van der Waals surface area contributed by atoms with Crippen molar-refractivity contribution in [2.75, 3.05) is 13.7 Å². The van der Waals surface area contributed by atoms with E-state index >= 15 is 0 Å². The summed E-state index contributed by atoms with van der Waals surface area (Å²) >= 11 is 0. The van der Waals surface area contributed by atoms with Gasteiger partial charge in [0.05, 0.1) is 23.7 Å². The molecule has 0 saturated carbocycles.